The Bertz CT molecular complexity index is 823. The highest BCUT2D eigenvalue weighted by Crippen LogP contribution is 2.29. The van der Waals surface area contributed by atoms with Gasteiger partial charge >= 0.3 is 0 Å². The zero-order valence-electron chi connectivity index (χ0n) is 15.6. The molecule has 3 heteroatoms. The first-order valence-corrected chi connectivity index (χ1v) is 9.65. The molecule has 1 atom stereocenters. The van der Waals surface area contributed by atoms with Gasteiger partial charge in [-0.05, 0) is 32.1 Å². The topological polar surface area (TPSA) is 29.0 Å². The van der Waals surface area contributed by atoms with Crippen LogP contribution in [0.2, 0.25) is 0 Å². The smallest absolute Gasteiger partial charge is 0.159 e. The van der Waals surface area contributed by atoms with E-state index in [1.54, 1.807) is 5.57 Å². The van der Waals surface area contributed by atoms with E-state index in [-0.39, 0.29) is 0 Å². The highest BCUT2D eigenvalue weighted by molar-refractivity contribution is 5.54. The molecular weight excluding hydrogens is 318 g/mol. The zero-order chi connectivity index (χ0) is 17.9. The first-order chi connectivity index (χ1) is 12.7. The van der Waals surface area contributed by atoms with Crippen molar-refractivity contribution in [1.29, 1.82) is 0 Å². The summed E-state index contributed by atoms with van der Waals surface area (Å²) in [5.41, 5.74) is 6.52. The van der Waals surface area contributed by atoms with Crippen LogP contribution in [0.15, 0.2) is 60.3 Å². The predicted octanol–water partition coefficient (Wildman–Crippen LogP) is 4.80. The van der Waals surface area contributed by atoms with Crippen LogP contribution in [0.3, 0.4) is 0 Å². The number of hydrogen-bond donors (Lipinski definition) is 0. The molecule has 0 saturated carbocycles. The van der Waals surface area contributed by atoms with Crippen LogP contribution >= 0.6 is 0 Å². The van der Waals surface area contributed by atoms with E-state index < -0.39 is 0 Å². The summed E-state index contributed by atoms with van der Waals surface area (Å²) < 4.78 is 0. The Labute approximate surface area is 156 Å². The lowest BCUT2D eigenvalue weighted by molar-refractivity contribution is 0.267. The Kier molecular flexibility index (Phi) is 4.98. The molecule has 0 saturated heterocycles. The van der Waals surface area contributed by atoms with Crippen molar-refractivity contribution in [2.24, 2.45) is 5.92 Å². The number of fused-ring (bicyclic) bond motifs is 1. The molecule has 4 rings (SSSR count). The van der Waals surface area contributed by atoms with Gasteiger partial charge in [0, 0.05) is 43.4 Å². The average molecular weight is 345 g/mol. The molecule has 0 spiro atoms. The Morgan fingerprint density at radius 2 is 2.08 bits per heavy atom. The van der Waals surface area contributed by atoms with Crippen LogP contribution in [-0.4, -0.2) is 28.0 Å². The second-order valence-corrected chi connectivity index (χ2v) is 7.67. The monoisotopic (exact) mass is 345 g/mol. The molecule has 1 aliphatic heterocycles. The summed E-state index contributed by atoms with van der Waals surface area (Å²) in [4.78, 5) is 12.0. The van der Waals surface area contributed by atoms with Gasteiger partial charge in [0.25, 0.3) is 0 Å². The summed E-state index contributed by atoms with van der Waals surface area (Å²) in [6.45, 7) is 9.41. The van der Waals surface area contributed by atoms with Crippen molar-refractivity contribution in [2.45, 2.75) is 39.2 Å². The molecule has 134 valence electrons. The van der Waals surface area contributed by atoms with Gasteiger partial charge in [0.2, 0.25) is 0 Å². The molecule has 1 aliphatic carbocycles. The van der Waals surface area contributed by atoms with Crippen LogP contribution in [0, 0.1) is 5.92 Å². The minimum Gasteiger partial charge on any atom is -0.295 e. The minimum atomic E-state index is 0.686. The van der Waals surface area contributed by atoms with Crippen LogP contribution in [-0.2, 0) is 13.0 Å². The van der Waals surface area contributed by atoms with Gasteiger partial charge in [-0.25, -0.2) is 9.97 Å². The summed E-state index contributed by atoms with van der Waals surface area (Å²) in [5.74, 6) is 1.53. The summed E-state index contributed by atoms with van der Waals surface area (Å²) in [6, 6.07) is 10.2. The SMILES string of the molecule is C=C(C)C1CC=C(CN2CCc3nc(-c4ccccc4)ncc3C2)CC1. The molecule has 2 aliphatic rings. The summed E-state index contributed by atoms with van der Waals surface area (Å²) in [6.07, 6.45) is 9.13. The Hall–Kier alpha value is -2.26. The number of nitrogens with zero attached hydrogens (tertiary/aromatic N) is 3. The minimum absolute atomic E-state index is 0.686. The summed E-state index contributed by atoms with van der Waals surface area (Å²) >= 11 is 0. The summed E-state index contributed by atoms with van der Waals surface area (Å²) in [5, 5.41) is 0. The maximum absolute atomic E-state index is 4.83. The standard InChI is InChI=1S/C23H27N3/c1-17(2)19-10-8-18(9-11-19)15-26-13-12-22-21(16-26)14-24-23(25-22)20-6-4-3-5-7-20/h3-8,14,19H,1,9-13,15-16H2,2H3. The van der Waals surface area contributed by atoms with Gasteiger partial charge in [-0.3, -0.25) is 4.90 Å². The van der Waals surface area contributed by atoms with Gasteiger partial charge in [-0.1, -0.05) is 54.1 Å². The van der Waals surface area contributed by atoms with Crippen molar-refractivity contribution >= 4 is 0 Å². The second kappa shape index (κ2) is 7.55. The Morgan fingerprint density at radius 1 is 1.23 bits per heavy atom. The van der Waals surface area contributed by atoms with E-state index in [9.17, 15) is 0 Å². The van der Waals surface area contributed by atoms with Crippen LogP contribution in [0.25, 0.3) is 11.4 Å². The summed E-state index contributed by atoms with van der Waals surface area (Å²) in [7, 11) is 0. The molecule has 0 radical (unpaired) electrons. The third kappa shape index (κ3) is 3.78. The first-order valence-electron chi connectivity index (χ1n) is 9.65. The second-order valence-electron chi connectivity index (χ2n) is 7.67. The molecule has 0 fully saturated rings. The van der Waals surface area contributed by atoms with E-state index in [2.05, 4.69) is 41.6 Å². The molecule has 2 heterocycles. The van der Waals surface area contributed by atoms with Crippen molar-refractivity contribution in [1.82, 2.24) is 14.9 Å². The van der Waals surface area contributed by atoms with Crippen LogP contribution < -0.4 is 0 Å². The van der Waals surface area contributed by atoms with Gasteiger partial charge in [0.15, 0.2) is 5.82 Å². The molecule has 26 heavy (non-hydrogen) atoms. The van der Waals surface area contributed by atoms with Crippen LogP contribution in [0.5, 0.6) is 0 Å². The molecule has 2 aromatic rings. The molecule has 1 aromatic heterocycles. The maximum Gasteiger partial charge on any atom is 0.159 e. The quantitative estimate of drug-likeness (QED) is 0.745. The van der Waals surface area contributed by atoms with E-state index >= 15 is 0 Å². The number of allylic oxidation sites excluding steroid dienone is 2. The molecule has 0 bridgehead atoms. The van der Waals surface area contributed by atoms with E-state index in [1.165, 1.54) is 36.1 Å². The third-order valence-corrected chi connectivity index (χ3v) is 5.67. The first kappa shape index (κ1) is 17.2. The van der Waals surface area contributed by atoms with E-state index in [0.29, 0.717) is 5.92 Å². The molecule has 0 N–H and O–H groups in total. The normalized spacial score (nSPS) is 20.3. The predicted molar refractivity (Wildman–Crippen MR) is 107 cm³/mol. The van der Waals surface area contributed by atoms with Crippen molar-refractivity contribution < 1.29 is 0 Å². The van der Waals surface area contributed by atoms with E-state index in [1.807, 2.05) is 24.4 Å². The fourth-order valence-corrected chi connectivity index (χ4v) is 4.00. The highest BCUT2D eigenvalue weighted by atomic mass is 15.1. The van der Waals surface area contributed by atoms with E-state index in [4.69, 9.17) is 4.98 Å². The largest absolute Gasteiger partial charge is 0.295 e. The molecule has 3 nitrogen and oxygen atoms in total. The fraction of sp³-hybridized carbons (Fsp3) is 0.391. The number of hydrogen-bond acceptors (Lipinski definition) is 3. The fourth-order valence-electron chi connectivity index (χ4n) is 4.00. The van der Waals surface area contributed by atoms with Crippen LogP contribution in [0.1, 0.15) is 37.4 Å². The van der Waals surface area contributed by atoms with Gasteiger partial charge in [0.1, 0.15) is 0 Å². The van der Waals surface area contributed by atoms with Gasteiger partial charge in [-0.2, -0.15) is 0 Å². The van der Waals surface area contributed by atoms with E-state index in [0.717, 1.165) is 37.4 Å². The Morgan fingerprint density at radius 3 is 2.81 bits per heavy atom. The van der Waals surface area contributed by atoms with Crippen LogP contribution in [0.4, 0.5) is 0 Å². The van der Waals surface area contributed by atoms with Gasteiger partial charge < -0.3 is 0 Å². The van der Waals surface area contributed by atoms with Crippen molar-refractivity contribution in [3.8, 4) is 11.4 Å². The lowest BCUT2D eigenvalue weighted by Gasteiger charge is -2.31. The van der Waals surface area contributed by atoms with Crippen molar-refractivity contribution in [3.63, 3.8) is 0 Å². The van der Waals surface area contributed by atoms with Crippen molar-refractivity contribution in [2.75, 3.05) is 13.1 Å². The van der Waals surface area contributed by atoms with Gasteiger partial charge in [-0.15, -0.1) is 0 Å². The Balaban J connectivity index is 1.42. The molecule has 1 unspecified atom stereocenters. The number of aromatic nitrogens is 2. The lowest BCUT2D eigenvalue weighted by atomic mass is 9.85. The third-order valence-electron chi connectivity index (χ3n) is 5.67. The molecular formula is C23H27N3. The van der Waals surface area contributed by atoms with Gasteiger partial charge in [0.05, 0.1) is 5.69 Å². The number of benzene rings is 1. The zero-order valence-corrected chi connectivity index (χ0v) is 15.6. The maximum atomic E-state index is 4.83. The lowest BCUT2D eigenvalue weighted by Crippen LogP contribution is -2.33. The molecule has 1 aromatic carbocycles. The molecule has 0 amide bonds. The highest BCUT2D eigenvalue weighted by Gasteiger charge is 2.21. The average Bonchev–Trinajstić information content (AvgIpc) is 2.69. The van der Waals surface area contributed by atoms with Crippen molar-refractivity contribution in [3.05, 3.63) is 71.6 Å². The number of rotatable bonds is 4.